The molecule has 1 amide bonds. The second-order valence-electron chi connectivity index (χ2n) is 8.03. The van der Waals surface area contributed by atoms with Gasteiger partial charge in [-0.2, -0.15) is 0 Å². The molecule has 4 rings (SSSR count). The van der Waals surface area contributed by atoms with Crippen LogP contribution in [0.5, 0.6) is 0 Å². The first-order chi connectivity index (χ1) is 14.0. The van der Waals surface area contributed by atoms with Gasteiger partial charge in [-0.05, 0) is 72.6 Å². The number of rotatable bonds is 4. The zero-order valence-electron chi connectivity index (χ0n) is 17.4. The quantitative estimate of drug-likeness (QED) is 0.808. The lowest BCUT2D eigenvalue weighted by Gasteiger charge is -2.24. The lowest BCUT2D eigenvalue weighted by Crippen LogP contribution is -2.38. The molecule has 152 valence electrons. The predicted molar refractivity (Wildman–Crippen MR) is 114 cm³/mol. The Morgan fingerprint density at radius 3 is 2.72 bits per heavy atom. The Labute approximate surface area is 172 Å². The van der Waals surface area contributed by atoms with Crippen LogP contribution in [0.3, 0.4) is 0 Å². The van der Waals surface area contributed by atoms with Gasteiger partial charge in [0.2, 0.25) is 0 Å². The fourth-order valence-electron chi connectivity index (χ4n) is 4.72. The summed E-state index contributed by atoms with van der Waals surface area (Å²) in [4.78, 5) is 20.0. The number of benzene rings is 2. The Balaban J connectivity index is 1.73. The molecule has 2 aromatic rings. The first-order valence-corrected chi connectivity index (χ1v) is 10.3. The van der Waals surface area contributed by atoms with Crippen molar-refractivity contribution in [3.63, 3.8) is 0 Å². The number of oxime groups is 1. The Bertz CT molecular complexity index is 980. The Morgan fingerprint density at radius 1 is 1.17 bits per heavy atom. The maximum atomic E-state index is 13.4. The maximum absolute atomic E-state index is 13.4. The molecular weight excluding hydrogens is 364 g/mol. The average molecular weight is 392 g/mol. The van der Waals surface area contributed by atoms with E-state index in [0.29, 0.717) is 13.0 Å². The topological polar surface area (TPSA) is 62.1 Å². The van der Waals surface area contributed by atoms with E-state index >= 15 is 0 Å². The van der Waals surface area contributed by atoms with Gasteiger partial charge in [0.15, 0.2) is 0 Å². The van der Waals surface area contributed by atoms with Gasteiger partial charge < -0.3 is 14.8 Å². The fourth-order valence-corrected chi connectivity index (χ4v) is 4.72. The van der Waals surface area contributed by atoms with Crippen molar-refractivity contribution in [1.82, 2.24) is 4.90 Å². The van der Waals surface area contributed by atoms with E-state index in [2.05, 4.69) is 43.3 Å². The van der Waals surface area contributed by atoms with Gasteiger partial charge in [-0.1, -0.05) is 29.4 Å². The molecule has 5 nitrogen and oxygen atoms in total. The normalized spacial score (nSPS) is 19.7. The molecule has 0 aromatic heterocycles. The highest BCUT2D eigenvalue weighted by Crippen LogP contribution is 2.37. The zero-order chi connectivity index (χ0) is 20.5. The number of aliphatic hydroxyl groups excluding tert-OH is 1. The number of hydrogen-bond donors (Lipinski definition) is 1. The van der Waals surface area contributed by atoms with Gasteiger partial charge in [-0.25, -0.2) is 0 Å². The van der Waals surface area contributed by atoms with Crippen molar-refractivity contribution in [3.05, 3.63) is 58.1 Å². The summed E-state index contributed by atoms with van der Waals surface area (Å²) in [6.45, 7) is 4.64. The van der Waals surface area contributed by atoms with Crippen LogP contribution in [-0.2, 0) is 17.7 Å². The van der Waals surface area contributed by atoms with Gasteiger partial charge in [0.05, 0.1) is 24.9 Å². The van der Waals surface area contributed by atoms with Gasteiger partial charge in [-0.3, -0.25) is 4.79 Å². The smallest absolute Gasteiger partial charge is 0.254 e. The average Bonchev–Trinajstić information content (AvgIpc) is 3.36. The van der Waals surface area contributed by atoms with Crippen molar-refractivity contribution in [3.8, 4) is 11.1 Å². The minimum absolute atomic E-state index is 0.0176. The molecular formula is C24H28N2O3. The van der Waals surface area contributed by atoms with Crippen molar-refractivity contribution in [2.75, 3.05) is 20.3 Å². The third-order valence-corrected chi connectivity index (χ3v) is 6.37. The van der Waals surface area contributed by atoms with Gasteiger partial charge >= 0.3 is 0 Å². The van der Waals surface area contributed by atoms with Gasteiger partial charge in [0.1, 0.15) is 7.11 Å². The summed E-state index contributed by atoms with van der Waals surface area (Å²) in [7, 11) is 1.50. The van der Waals surface area contributed by atoms with Crippen molar-refractivity contribution >= 4 is 11.6 Å². The van der Waals surface area contributed by atoms with E-state index in [1.807, 2.05) is 6.07 Å². The monoisotopic (exact) mass is 392 g/mol. The number of carbonyl (C=O) groups excluding carboxylic acids is 1. The van der Waals surface area contributed by atoms with E-state index in [4.69, 9.17) is 4.84 Å². The van der Waals surface area contributed by atoms with E-state index in [1.54, 1.807) is 4.90 Å². The van der Waals surface area contributed by atoms with E-state index in [-0.39, 0.29) is 18.6 Å². The maximum Gasteiger partial charge on any atom is 0.254 e. The number of nitrogens with zero attached hydrogens (tertiary/aromatic N) is 2. The molecule has 1 saturated heterocycles. The third-order valence-electron chi connectivity index (χ3n) is 6.37. The van der Waals surface area contributed by atoms with Crippen molar-refractivity contribution in [1.29, 1.82) is 0 Å². The minimum atomic E-state index is -0.243. The highest BCUT2D eigenvalue weighted by atomic mass is 16.6. The summed E-state index contributed by atoms with van der Waals surface area (Å²) < 4.78 is 0. The Kier molecular flexibility index (Phi) is 5.41. The molecule has 0 bridgehead atoms. The lowest BCUT2D eigenvalue weighted by atomic mass is 9.89. The van der Waals surface area contributed by atoms with Crippen molar-refractivity contribution < 1.29 is 14.7 Å². The van der Waals surface area contributed by atoms with Crippen LogP contribution in [0.2, 0.25) is 0 Å². The summed E-state index contributed by atoms with van der Waals surface area (Å²) in [6.07, 6.45) is 3.54. The highest BCUT2D eigenvalue weighted by Gasteiger charge is 2.35. The number of likely N-dealkylation sites (tertiary alicyclic amines) is 1. The molecule has 2 aromatic carbocycles. The third kappa shape index (κ3) is 3.44. The SMILES string of the molecule is CO/N=C1/C[C@@H](CO)N(C(=O)c2ccc(-c3cccc(C)c3C)c3c2CCC3)C1. The van der Waals surface area contributed by atoms with E-state index in [1.165, 1.54) is 40.5 Å². The second-order valence-corrected chi connectivity index (χ2v) is 8.03. The first-order valence-electron chi connectivity index (χ1n) is 10.3. The molecule has 1 heterocycles. The summed E-state index contributed by atoms with van der Waals surface area (Å²) >= 11 is 0. The van der Waals surface area contributed by atoms with Crippen LogP contribution in [0.15, 0.2) is 35.5 Å². The number of fused-ring (bicyclic) bond motifs is 1. The van der Waals surface area contributed by atoms with Crippen molar-refractivity contribution in [2.24, 2.45) is 5.16 Å². The summed E-state index contributed by atoms with van der Waals surface area (Å²) in [5, 5.41) is 13.8. The van der Waals surface area contributed by atoms with Gasteiger partial charge in [0.25, 0.3) is 5.91 Å². The van der Waals surface area contributed by atoms with Crippen molar-refractivity contribution in [2.45, 2.75) is 45.6 Å². The summed E-state index contributed by atoms with van der Waals surface area (Å²) in [6, 6.07) is 10.3. The summed E-state index contributed by atoms with van der Waals surface area (Å²) in [5.41, 5.74) is 9.11. The van der Waals surface area contributed by atoms with Crippen LogP contribution in [-0.4, -0.2) is 47.9 Å². The molecule has 1 atom stereocenters. The summed E-state index contributed by atoms with van der Waals surface area (Å²) in [5.74, 6) is -0.0176. The van der Waals surface area contributed by atoms with E-state index in [9.17, 15) is 9.90 Å². The van der Waals surface area contributed by atoms with E-state index < -0.39 is 0 Å². The Morgan fingerprint density at radius 2 is 1.97 bits per heavy atom. The molecule has 2 aliphatic rings. The molecule has 0 spiro atoms. The number of aliphatic hydroxyl groups is 1. The minimum Gasteiger partial charge on any atom is -0.399 e. The van der Waals surface area contributed by atoms with Crippen LogP contribution in [0, 0.1) is 13.8 Å². The molecule has 0 saturated carbocycles. The molecule has 1 fully saturated rings. The standard InChI is InChI=1S/C24H28N2O3/c1-15-6-4-7-19(16(15)2)22-10-11-23(21-9-5-8-20(21)22)24(28)26-13-17(25-29-3)12-18(26)14-27/h4,6-7,10-11,18,27H,5,8-9,12-14H2,1-3H3/b25-17-/t18-/m0/s1. The second kappa shape index (κ2) is 7.99. The van der Waals surface area contributed by atoms with Crippen LogP contribution in [0.25, 0.3) is 11.1 Å². The number of amides is 1. The number of carbonyl (C=O) groups is 1. The van der Waals surface area contributed by atoms with Crippen LogP contribution >= 0.6 is 0 Å². The molecule has 29 heavy (non-hydrogen) atoms. The molecule has 0 unspecified atom stereocenters. The molecule has 1 N–H and O–H groups in total. The molecule has 0 radical (unpaired) electrons. The first kappa shape index (κ1) is 19.6. The van der Waals surface area contributed by atoms with Crippen LogP contribution in [0.4, 0.5) is 0 Å². The molecule has 5 heteroatoms. The number of aryl methyl sites for hydroxylation is 1. The molecule has 1 aliphatic carbocycles. The van der Waals surface area contributed by atoms with Crippen LogP contribution in [0.1, 0.15) is 45.5 Å². The largest absolute Gasteiger partial charge is 0.399 e. The number of hydrogen-bond acceptors (Lipinski definition) is 4. The molecule has 1 aliphatic heterocycles. The Hall–Kier alpha value is -2.66. The highest BCUT2D eigenvalue weighted by molar-refractivity contribution is 6.02. The van der Waals surface area contributed by atoms with E-state index in [0.717, 1.165) is 30.5 Å². The lowest BCUT2D eigenvalue weighted by molar-refractivity contribution is 0.0679. The van der Waals surface area contributed by atoms with Crippen LogP contribution < -0.4 is 0 Å². The van der Waals surface area contributed by atoms with Gasteiger partial charge in [0, 0.05) is 12.0 Å². The van der Waals surface area contributed by atoms with Gasteiger partial charge in [-0.15, -0.1) is 0 Å². The predicted octanol–water partition coefficient (Wildman–Crippen LogP) is 3.67. The zero-order valence-corrected chi connectivity index (χ0v) is 17.4. The fraction of sp³-hybridized carbons (Fsp3) is 0.417.